The van der Waals surface area contributed by atoms with Crippen LogP contribution in [0.1, 0.15) is 37.0 Å². The zero-order valence-electron chi connectivity index (χ0n) is 22.0. The lowest BCUT2D eigenvalue weighted by molar-refractivity contribution is -0.187. The van der Waals surface area contributed by atoms with Crippen molar-refractivity contribution in [1.29, 1.82) is 0 Å². The molecule has 0 bridgehead atoms. The van der Waals surface area contributed by atoms with Gasteiger partial charge >= 0.3 is 18.3 Å². The lowest BCUT2D eigenvalue weighted by Crippen LogP contribution is -2.51. The number of halogens is 4. The topological polar surface area (TPSA) is 99.3 Å². The van der Waals surface area contributed by atoms with Gasteiger partial charge in [-0.05, 0) is 55.7 Å². The average molecular weight is 565 g/mol. The smallest absolute Gasteiger partial charge is 0.418 e. The molecule has 0 unspecified atom stereocenters. The van der Waals surface area contributed by atoms with Gasteiger partial charge in [-0.1, -0.05) is 18.2 Å². The van der Waals surface area contributed by atoms with Crippen molar-refractivity contribution in [3.8, 4) is 0 Å². The number of hydrogen-bond acceptors (Lipinski definition) is 5. The van der Waals surface area contributed by atoms with Gasteiger partial charge in [0.25, 0.3) is 5.91 Å². The van der Waals surface area contributed by atoms with Gasteiger partial charge in [0, 0.05) is 37.8 Å². The third kappa shape index (κ3) is 5.45. The summed E-state index contributed by atoms with van der Waals surface area (Å²) in [6.45, 7) is 1.60. The molecule has 1 heterocycles. The van der Waals surface area contributed by atoms with E-state index in [1.165, 1.54) is 17.0 Å². The number of amides is 5. The standard InChI is InChI=1S/C27H28F4N4O5/c1-4-33(3)24(38)32-20-9-10-21-18(13-20)11-12-26(21)23(37)35(25(39)40-26)15-22(36)34(16(2)27(29,30)31)14-17-5-7-19(28)8-6-17/h5-10,13,16H,4,11-12,14-15H2,1-3H3,(H,32,38)/t16-,26+/m0/s1. The first-order chi connectivity index (χ1) is 18.8. The van der Waals surface area contributed by atoms with Gasteiger partial charge in [0.15, 0.2) is 0 Å². The molecule has 1 aliphatic carbocycles. The summed E-state index contributed by atoms with van der Waals surface area (Å²) in [4.78, 5) is 54.1. The Hall–Kier alpha value is -4.16. The van der Waals surface area contributed by atoms with Gasteiger partial charge in [-0.2, -0.15) is 13.2 Å². The molecule has 5 amide bonds. The van der Waals surface area contributed by atoms with Crippen molar-refractivity contribution in [3.05, 3.63) is 65.0 Å². The predicted molar refractivity (Wildman–Crippen MR) is 134 cm³/mol. The number of nitrogens with one attached hydrogen (secondary N) is 1. The fourth-order valence-corrected chi connectivity index (χ4v) is 4.72. The molecule has 1 fully saturated rings. The molecule has 2 aliphatic rings. The number of anilines is 1. The maximum Gasteiger partial charge on any atom is 0.418 e. The molecular formula is C27H28F4N4O5. The van der Waals surface area contributed by atoms with Gasteiger partial charge < -0.3 is 19.9 Å². The number of rotatable bonds is 7. The molecule has 2 atom stereocenters. The number of benzene rings is 2. The second-order valence-electron chi connectivity index (χ2n) is 9.77. The second kappa shape index (κ2) is 10.8. The zero-order chi connectivity index (χ0) is 29.4. The maximum absolute atomic E-state index is 13.6. The van der Waals surface area contributed by atoms with Gasteiger partial charge in [-0.3, -0.25) is 9.59 Å². The minimum Gasteiger partial charge on any atom is -0.427 e. The molecule has 1 saturated heterocycles. The summed E-state index contributed by atoms with van der Waals surface area (Å²) in [6.07, 6.45) is -5.54. The predicted octanol–water partition coefficient (Wildman–Crippen LogP) is 4.41. The molecule has 0 radical (unpaired) electrons. The number of carbonyl (C=O) groups is 4. The molecule has 0 aromatic heterocycles. The van der Waals surface area contributed by atoms with E-state index < -0.39 is 54.6 Å². The Kier molecular flexibility index (Phi) is 7.77. The van der Waals surface area contributed by atoms with Crippen LogP contribution in [-0.4, -0.2) is 71.0 Å². The van der Waals surface area contributed by atoms with Crippen molar-refractivity contribution >= 4 is 29.6 Å². The molecule has 1 spiro atoms. The van der Waals surface area contributed by atoms with Crippen molar-refractivity contribution in [3.63, 3.8) is 0 Å². The Bertz CT molecular complexity index is 1330. The normalized spacial score (nSPS) is 18.9. The Morgan fingerprint density at radius 1 is 1.15 bits per heavy atom. The highest BCUT2D eigenvalue weighted by Gasteiger charge is 2.58. The summed E-state index contributed by atoms with van der Waals surface area (Å²) in [5.41, 5.74) is 0.0228. The van der Waals surface area contributed by atoms with Gasteiger partial charge in [0.05, 0.1) is 0 Å². The Morgan fingerprint density at radius 3 is 2.45 bits per heavy atom. The van der Waals surface area contributed by atoms with Crippen LogP contribution in [0.3, 0.4) is 0 Å². The highest BCUT2D eigenvalue weighted by atomic mass is 19.4. The van der Waals surface area contributed by atoms with E-state index >= 15 is 0 Å². The van der Waals surface area contributed by atoms with E-state index in [4.69, 9.17) is 4.74 Å². The monoisotopic (exact) mass is 564 g/mol. The third-order valence-electron chi connectivity index (χ3n) is 7.25. The summed E-state index contributed by atoms with van der Waals surface area (Å²) >= 11 is 0. The summed E-state index contributed by atoms with van der Waals surface area (Å²) in [5.74, 6) is -2.58. The van der Waals surface area contributed by atoms with E-state index in [-0.39, 0.29) is 18.0 Å². The van der Waals surface area contributed by atoms with Crippen LogP contribution in [0.5, 0.6) is 0 Å². The first kappa shape index (κ1) is 28.8. The van der Waals surface area contributed by atoms with E-state index in [0.717, 1.165) is 19.1 Å². The van der Waals surface area contributed by atoms with E-state index in [0.29, 0.717) is 39.6 Å². The molecule has 1 N–H and O–H groups in total. The molecule has 0 saturated carbocycles. The minimum atomic E-state index is -4.80. The number of hydrogen-bond donors (Lipinski definition) is 1. The fourth-order valence-electron chi connectivity index (χ4n) is 4.72. The molecule has 40 heavy (non-hydrogen) atoms. The molecule has 4 rings (SSSR count). The van der Waals surface area contributed by atoms with Crippen LogP contribution >= 0.6 is 0 Å². The van der Waals surface area contributed by atoms with Crippen LogP contribution in [0, 0.1) is 5.82 Å². The van der Waals surface area contributed by atoms with Crippen molar-refractivity contribution in [2.45, 2.75) is 51.1 Å². The Balaban J connectivity index is 1.55. The third-order valence-corrected chi connectivity index (χ3v) is 7.25. The minimum absolute atomic E-state index is 0.0715. The molecule has 2 aromatic rings. The number of fused-ring (bicyclic) bond motifs is 2. The molecule has 2 aromatic carbocycles. The number of carbonyl (C=O) groups excluding carboxylic acids is 4. The van der Waals surface area contributed by atoms with Gasteiger partial charge in [-0.25, -0.2) is 18.9 Å². The van der Waals surface area contributed by atoms with Crippen LogP contribution in [0.4, 0.5) is 32.8 Å². The molecule has 13 heteroatoms. The largest absolute Gasteiger partial charge is 0.427 e. The van der Waals surface area contributed by atoms with Gasteiger partial charge in [0.2, 0.25) is 11.5 Å². The number of ether oxygens (including phenoxy) is 1. The van der Waals surface area contributed by atoms with E-state index in [1.807, 2.05) is 6.92 Å². The van der Waals surface area contributed by atoms with E-state index in [1.54, 1.807) is 25.2 Å². The Labute approximate surface area is 227 Å². The van der Waals surface area contributed by atoms with Crippen LogP contribution < -0.4 is 5.32 Å². The van der Waals surface area contributed by atoms with Crippen LogP contribution in [0.15, 0.2) is 42.5 Å². The number of urea groups is 1. The van der Waals surface area contributed by atoms with Crippen molar-refractivity contribution in [2.75, 3.05) is 25.5 Å². The Morgan fingerprint density at radius 2 is 1.82 bits per heavy atom. The molecule has 9 nitrogen and oxygen atoms in total. The fraction of sp³-hybridized carbons (Fsp3) is 0.407. The lowest BCUT2D eigenvalue weighted by atomic mass is 9.94. The first-order valence-corrected chi connectivity index (χ1v) is 12.6. The summed E-state index contributed by atoms with van der Waals surface area (Å²) < 4.78 is 59.6. The summed E-state index contributed by atoms with van der Waals surface area (Å²) in [6, 6.07) is 6.78. The molecule has 1 aliphatic heterocycles. The average Bonchev–Trinajstić information content (AvgIpc) is 3.38. The quantitative estimate of drug-likeness (QED) is 0.503. The molecular weight excluding hydrogens is 536 g/mol. The van der Waals surface area contributed by atoms with Gasteiger partial charge in [0.1, 0.15) is 18.4 Å². The summed E-state index contributed by atoms with van der Waals surface area (Å²) in [5, 5.41) is 2.74. The van der Waals surface area contributed by atoms with Crippen LogP contribution in [0.25, 0.3) is 0 Å². The highest BCUT2D eigenvalue weighted by Crippen LogP contribution is 2.46. The maximum atomic E-state index is 13.6. The zero-order valence-corrected chi connectivity index (χ0v) is 22.0. The SMILES string of the molecule is CCN(C)C(=O)Nc1ccc2c(c1)CC[C@@]21OC(=O)N(CC(=O)N(Cc2ccc(F)cc2)[C@@H](C)C(F)(F)F)C1=O. The number of alkyl halides is 3. The van der Waals surface area contributed by atoms with E-state index in [2.05, 4.69) is 5.32 Å². The first-order valence-electron chi connectivity index (χ1n) is 12.6. The molecule has 214 valence electrons. The number of aryl methyl sites for hydroxylation is 1. The van der Waals surface area contributed by atoms with Crippen molar-refractivity contribution in [2.24, 2.45) is 0 Å². The number of nitrogens with zero attached hydrogens (tertiary/aromatic N) is 3. The van der Waals surface area contributed by atoms with Crippen LogP contribution in [0.2, 0.25) is 0 Å². The summed E-state index contributed by atoms with van der Waals surface area (Å²) in [7, 11) is 1.63. The van der Waals surface area contributed by atoms with E-state index in [9.17, 15) is 36.7 Å². The van der Waals surface area contributed by atoms with Gasteiger partial charge in [-0.15, -0.1) is 0 Å². The lowest BCUT2D eigenvalue weighted by Gasteiger charge is -2.31. The number of imide groups is 1. The van der Waals surface area contributed by atoms with Crippen molar-refractivity contribution in [1.82, 2.24) is 14.7 Å². The van der Waals surface area contributed by atoms with Crippen molar-refractivity contribution < 1.29 is 41.5 Å². The second-order valence-corrected chi connectivity index (χ2v) is 9.77. The highest BCUT2D eigenvalue weighted by molar-refractivity contribution is 6.06. The van der Waals surface area contributed by atoms with Crippen LogP contribution in [-0.2, 0) is 32.9 Å².